The largest absolute Gasteiger partial charge is 0.484 e. The molecule has 1 amide bonds. The number of benzene rings is 1. The van der Waals surface area contributed by atoms with Crippen LogP contribution in [0.4, 0.5) is 0 Å². The molecule has 3 rings (SSSR count). The monoisotopic (exact) mass is 323 g/mol. The van der Waals surface area contributed by atoms with E-state index < -0.39 is 0 Å². The Kier molecular flexibility index (Phi) is 4.79. The van der Waals surface area contributed by atoms with Crippen LogP contribution in [0.25, 0.3) is 5.52 Å². The minimum Gasteiger partial charge on any atom is -0.484 e. The maximum atomic E-state index is 11.9. The summed E-state index contributed by atoms with van der Waals surface area (Å²) in [5.74, 6) is 1.04. The Morgan fingerprint density at radius 2 is 2.00 bits per heavy atom. The zero-order valence-corrected chi connectivity index (χ0v) is 13.9. The van der Waals surface area contributed by atoms with Crippen molar-refractivity contribution in [2.45, 2.75) is 26.3 Å². The van der Waals surface area contributed by atoms with Crippen molar-refractivity contribution in [3.8, 4) is 5.75 Å². The second kappa shape index (κ2) is 7.17. The minimum absolute atomic E-state index is 0.00987. The first-order valence-corrected chi connectivity index (χ1v) is 8.03. The maximum absolute atomic E-state index is 11.9. The highest BCUT2D eigenvalue weighted by molar-refractivity contribution is 5.77. The van der Waals surface area contributed by atoms with Crippen molar-refractivity contribution in [3.05, 3.63) is 66.0 Å². The fraction of sp³-hybridized carbons (Fsp3) is 0.263. The highest BCUT2D eigenvalue weighted by atomic mass is 16.5. The minimum atomic E-state index is -0.142. The van der Waals surface area contributed by atoms with Crippen LogP contribution in [0.5, 0.6) is 5.75 Å². The van der Waals surface area contributed by atoms with E-state index >= 15 is 0 Å². The third-order valence-corrected chi connectivity index (χ3v) is 3.87. The van der Waals surface area contributed by atoms with Crippen molar-refractivity contribution in [1.29, 1.82) is 0 Å². The Morgan fingerprint density at radius 1 is 1.21 bits per heavy atom. The van der Waals surface area contributed by atoms with Crippen LogP contribution in [0.3, 0.4) is 0 Å². The second-order valence-corrected chi connectivity index (χ2v) is 6.02. The number of nitrogens with one attached hydrogen (secondary N) is 1. The molecule has 5 nitrogen and oxygen atoms in total. The molecule has 1 aromatic carbocycles. The smallest absolute Gasteiger partial charge is 0.258 e. The lowest BCUT2D eigenvalue weighted by Crippen LogP contribution is -2.28. The van der Waals surface area contributed by atoms with E-state index in [9.17, 15) is 4.79 Å². The molecule has 124 valence electrons. The molecule has 0 aliphatic carbocycles. The molecule has 0 spiro atoms. The number of hydrogen-bond donors (Lipinski definition) is 1. The van der Waals surface area contributed by atoms with Gasteiger partial charge in [0.1, 0.15) is 5.75 Å². The Labute approximate surface area is 141 Å². The number of pyridine rings is 1. The molecule has 24 heavy (non-hydrogen) atoms. The number of carbonyl (C=O) groups is 1. The fourth-order valence-electron chi connectivity index (χ4n) is 2.43. The number of rotatable bonds is 6. The highest BCUT2D eigenvalue weighted by Gasteiger charge is 2.05. The van der Waals surface area contributed by atoms with Crippen molar-refractivity contribution in [2.75, 3.05) is 6.61 Å². The van der Waals surface area contributed by atoms with E-state index in [2.05, 4.69) is 24.3 Å². The number of ether oxygens (including phenoxy) is 1. The van der Waals surface area contributed by atoms with Crippen LogP contribution in [-0.2, 0) is 11.3 Å². The zero-order chi connectivity index (χ0) is 16.9. The van der Waals surface area contributed by atoms with Gasteiger partial charge in [-0.05, 0) is 47.4 Å². The summed E-state index contributed by atoms with van der Waals surface area (Å²) in [4.78, 5) is 11.9. The van der Waals surface area contributed by atoms with Crippen LogP contribution in [0, 0.1) is 0 Å². The molecule has 0 aliphatic heterocycles. The number of carbonyl (C=O) groups excluding carboxylic acids is 1. The van der Waals surface area contributed by atoms with E-state index in [1.165, 1.54) is 5.56 Å². The van der Waals surface area contributed by atoms with E-state index in [-0.39, 0.29) is 12.5 Å². The molecule has 0 unspecified atom stereocenters. The topological polar surface area (TPSA) is 55.6 Å². The maximum Gasteiger partial charge on any atom is 0.258 e. The van der Waals surface area contributed by atoms with E-state index in [1.807, 2.05) is 48.7 Å². The van der Waals surface area contributed by atoms with Crippen molar-refractivity contribution in [1.82, 2.24) is 14.9 Å². The molecule has 5 heteroatoms. The Balaban J connectivity index is 1.48. The first kappa shape index (κ1) is 16.1. The van der Waals surface area contributed by atoms with Gasteiger partial charge in [-0.2, -0.15) is 5.10 Å². The van der Waals surface area contributed by atoms with Crippen molar-refractivity contribution < 1.29 is 9.53 Å². The molecule has 1 N–H and O–H groups in total. The molecule has 0 fully saturated rings. The average Bonchev–Trinajstić information content (AvgIpc) is 3.06. The predicted octanol–water partition coefficient (Wildman–Crippen LogP) is 3.15. The summed E-state index contributed by atoms with van der Waals surface area (Å²) in [5.41, 5.74) is 3.28. The van der Waals surface area contributed by atoms with E-state index in [1.54, 1.807) is 10.7 Å². The molecule has 3 aromatic rings. The summed E-state index contributed by atoms with van der Waals surface area (Å²) in [6.45, 7) is 4.77. The third kappa shape index (κ3) is 3.93. The van der Waals surface area contributed by atoms with Gasteiger partial charge in [0.25, 0.3) is 5.91 Å². The van der Waals surface area contributed by atoms with Gasteiger partial charge in [-0.15, -0.1) is 0 Å². The van der Waals surface area contributed by atoms with Gasteiger partial charge in [-0.25, -0.2) is 4.52 Å². The van der Waals surface area contributed by atoms with Crippen LogP contribution < -0.4 is 10.1 Å². The summed E-state index contributed by atoms with van der Waals surface area (Å²) in [7, 11) is 0. The normalized spacial score (nSPS) is 11.0. The molecule has 0 atom stereocenters. The lowest BCUT2D eigenvalue weighted by molar-refractivity contribution is -0.123. The number of fused-ring (bicyclic) bond motifs is 1. The van der Waals surface area contributed by atoms with Crippen molar-refractivity contribution in [2.24, 2.45) is 0 Å². The quantitative estimate of drug-likeness (QED) is 0.758. The average molecular weight is 323 g/mol. The van der Waals surface area contributed by atoms with Gasteiger partial charge in [0.05, 0.1) is 5.52 Å². The summed E-state index contributed by atoms with van der Waals surface area (Å²) in [5, 5.41) is 7.01. The molecular formula is C19H21N3O2. The Morgan fingerprint density at radius 3 is 2.75 bits per heavy atom. The van der Waals surface area contributed by atoms with Crippen LogP contribution in [0.1, 0.15) is 30.9 Å². The van der Waals surface area contributed by atoms with Gasteiger partial charge in [-0.1, -0.05) is 26.0 Å². The van der Waals surface area contributed by atoms with Crippen LogP contribution >= 0.6 is 0 Å². The van der Waals surface area contributed by atoms with Gasteiger partial charge in [-0.3, -0.25) is 4.79 Å². The van der Waals surface area contributed by atoms with Crippen LogP contribution in [0.2, 0.25) is 0 Å². The molecule has 0 saturated carbocycles. The lowest BCUT2D eigenvalue weighted by Gasteiger charge is -2.09. The summed E-state index contributed by atoms with van der Waals surface area (Å²) in [6.07, 6.45) is 3.62. The molecule has 0 bridgehead atoms. The summed E-state index contributed by atoms with van der Waals surface area (Å²) < 4.78 is 7.31. The lowest BCUT2D eigenvalue weighted by atomic mass is 10.0. The summed E-state index contributed by atoms with van der Waals surface area (Å²) in [6, 6.07) is 13.7. The van der Waals surface area contributed by atoms with Gasteiger partial charge >= 0.3 is 0 Å². The number of amides is 1. The van der Waals surface area contributed by atoms with E-state index in [4.69, 9.17) is 4.74 Å². The molecule has 0 saturated heterocycles. The predicted molar refractivity (Wildman–Crippen MR) is 93.1 cm³/mol. The Bertz CT molecular complexity index is 822. The summed E-state index contributed by atoms with van der Waals surface area (Å²) >= 11 is 0. The van der Waals surface area contributed by atoms with Crippen molar-refractivity contribution in [3.63, 3.8) is 0 Å². The zero-order valence-electron chi connectivity index (χ0n) is 13.9. The highest BCUT2D eigenvalue weighted by Crippen LogP contribution is 2.18. The molecular weight excluding hydrogens is 302 g/mol. The number of hydrogen-bond acceptors (Lipinski definition) is 3. The molecule has 2 heterocycles. The number of nitrogens with zero attached hydrogens (tertiary/aromatic N) is 2. The molecule has 0 radical (unpaired) electrons. The number of aromatic nitrogens is 2. The SMILES string of the molecule is CC(C)c1ccc(OCC(=O)NCc2ccn3nccc3c2)cc1. The van der Waals surface area contributed by atoms with Crippen molar-refractivity contribution >= 4 is 11.4 Å². The standard InChI is InChI=1S/C19H21N3O2/c1-14(2)16-3-5-18(6-4-16)24-13-19(23)20-12-15-8-10-22-17(11-15)7-9-21-22/h3-11,14H,12-13H2,1-2H3,(H,20,23). The van der Waals surface area contributed by atoms with Crippen LogP contribution in [-0.4, -0.2) is 22.1 Å². The first-order chi connectivity index (χ1) is 11.6. The molecule has 2 aromatic heterocycles. The van der Waals surface area contributed by atoms with E-state index in [0.29, 0.717) is 18.2 Å². The Hall–Kier alpha value is -2.82. The fourth-order valence-corrected chi connectivity index (χ4v) is 2.43. The van der Waals surface area contributed by atoms with E-state index in [0.717, 1.165) is 11.1 Å². The molecule has 0 aliphatic rings. The van der Waals surface area contributed by atoms with Gasteiger partial charge in [0.15, 0.2) is 6.61 Å². The van der Waals surface area contributed by atoms with Gasteiger partial charge in [0, 0.05) is 18.9 Å². The van der Waals surface area contributed by atoms with Gasteiger partial charge in [0.2, 0.25) is 0 Å². The second-order valence-electron chi connectivity index (χ2n) is 6.02. The van der Waals surface area contributed by atoms with Crippen LogP contribution in [0.15, 0.2) is 54.9 Å². The van der Waals surface area contributed by atoms with Gasteiger partial charge < -0.3 is 10.1 Å². The first-order valence-electron chi connectivity index (χ1n) is 8.03. The third-order valence-electron chi connectivity index (χ3n) is 3.87.